The van der Waals surface area contributed by atoms with Crippen molar-refractivity contribution < 1.29 is 0 Å². The van der Waals surface area contributed by atoms with Crippen LogP contribution in [0.4, 0.5) is 11.6 Å². The van der Waals surface area contributed by atoms with Crippen molar-refractivity contribution in [2.24, 2.45) is 0 Å². The highest BCUT2D eigenvalue weighted by Gasteiger charge is 2.28. The molecule has 7 nitrogen and oxygen atoms in total. The van der Waals surface area contributed by atoms with Crippen molar-refractivity contribution in [3.63, 3.8) is 0 Å². The number of hydrogen-bond acceptors (Lipinski definition) is 5. The third kappa shape index (κ3) is 2.39. The van der Waals surface area contributed by atoms with Crippen molar-refractivity contribution in [1.82, 2.24) is 24.5 Å². The van der Waals surface area contributed by atoms with E-state index in [1.165, 1.54) is 5.56 Å². The largest absolute Gasteiger partial charge is 0.384 e. The van der Waals surface area contributed by atoms with Crippen molar-refractivity contribution in [3.8, 4) is 28.3 Å². The molecule has 0 spiro atoms. The van der Waals surface area contributed by atoms with Gasteiger partial charge in [0.2, 0.25) is 0 Å². The van der Waals surface area contributed by atoms with E-state index in [1.807, 2.05) is 33.6 Å². The highest BCUT2D eigenvalue weighted by Crippen LogP contribution is 2.38. The highest BCUT2D eigenvalue weighted by atomic mass is 15.4. The lowest BCUT2D eigenvalue weighted by Gasteiger charge is -2.17. The Kier molecular flexibility index (Phi) is 3.30. The molecule has 0 unspecified atom stereocenters. The van der Waals surface area contributed by atoms with Gasteiger partial charge in [0.25, 0.3) is 0 Å². The monoisotopic (exact) mass is 357 g/mol. The second-order valence-electron chi connectivity index (χ2n) is 6.77. The van der Waals surface area contributed by atoms with Gasteiger partial charge in [-0.2, -0.15) is 10.2 Å². The molecule has 0 atom stereocenters. The Morgan fingerprint density at radius 3 is 2.63 bits per heavy atom. The number of nitrogen functional groups attached to an aromatic ring is 2. The zero-order valence-corrected chi connectivity index (χ0v) is 14.9. The van der Waals surface area contributed by atoms with Crippen LogP contribution in [0.5, 0.6) is 0 Å². The normalized spacial score (nSPS) is 12.6. The summed E-state index contributed by atoms with van der Waals surface area (Å²) in [5.41, 5.74) is 19.0. The molecular formula is C20H19N7. The van der Waals surface area contributed by atoms with Crippen molar-refractivity contribution in [1.29, 1.82) is 0 Å². The molecule has 7 heteroatoms. The van der Waals surface area contributed by atoms with Crippen LogP contribution in [0.1, 0.15) is 11.1 Å². The van der Waals surface area contributed by atoms with Crippen molar-refractivity contribution in [2.75, 3.05) is 11.5 Å². The van der Waals surface area contributed by atoms with E-state index in [-0.39, 0.29) is 0 Å². The number of aromatic nitrogens is 5. The molecule has 5 rings (SSSR count). The molecule has 0 saturated heterocycles. The minimum atomic E-state index is 0.497. The Hall–Kier alpha value is -3.61. The standard InChI is InChI=1S/C20H19N7/c1-12-4-2-3-5-15(12)27-20-14(8-9-26-16(20)10-18(22)24-26)19(25-27)13-6-7-17(21)23-11-13/h2-7,10-11H,8-9H2,1H3,(H2,21,23)(H2,22,24). The molecule has 1 aliphatic heterocycles. The van der Waals surface area contributed by atoms with Crippen LogP contribution in [-0.4, -0.2) is 24.5 Å². The average molecular weight is 357 g/mol. The molecule has 4 N–H and O–H groups in total. The van der Waals surface area contributed by atoms with Crippen LogP contribution in [0.3, 0.4) is 0 Å². The Balaban J connectivity index is 1.81. The third-order valence-corrected chi connectivity index (χ3v) is 5.00. The molecule has 27 heavy (non-hydrogen) atoms. The fourth-order valence-electron chi connectivity index (χ4n) is 3.72. The Bertz CT molecular complexity index is 1150. The van der Waals surface area contributed by atoms with Crippen LogP contribution in [0.2, 0.25) is 0 Å². The van der Waals surface area contributed by atoms with E-state index in [4.69, 9.17) is 16.6 Å². The maximum Gasteiger partial charge on any atom is 0.146 e. The topological polar surface area (TPSA) is 101 Å². The number of rotatable bonds is 2. The molecule has 4 aromatic rings. The van der Waals surface area contributed by atoms with Gasteiger partial charge in [-0.3, -0.25) is 4.68 Å². The number of aryl methyl sites for hydroxylation is 2. The first-order valence-corrected chi connectivity index (χ1v) is 8.85. The minimum Gasteiger partial charge on any atom is -0.384 e. The highest BCUT2D eigenvalue weighted by molar-refractivity contribution is 5.77. The number of pyridine rings is 1. The predicted molar refractivity (Wildman–Crippen MR) is 105 cm³/mol. The first-order valence-electron chi connectivity index (χ1n) is 8.85. The van der Waals surface area contributed by atoms with Gasteiger partial charge in [-0.15, -0.1) is 0 Å². The molecule has 3 aromatic heterocycles. The molecule has 0 aliphatic carbocycles. The molecular weight excluding hydrogens is 338 g/mol. The quantitative estimate of drug-likeness (QED) is 0.574. The number of fused-ring (bicyclic) bond motifs is 3. The van der Waals surface area contributed by atoms with Crippen LogP contribution in [0.25, 0.3) is 28.3 Å². The number of hydrogen-bond donors (Lipinski definition) is 2. The van der Waals surface area contributed by atoms with E-state index in [0.29, 0.717) is 11.6 Å². The van der Waals surface area contributed by atoms with Crippen LogP contribution in [0.15, 0.2) is 48.7 Å². The van der Waals surface area contributed by atoms with Gasteiger partial charge in [0, 0.05) is 29.9 Å². The van der Waals surface area contributed by atoms with Gasteiger partial charge in [0.15, 0.2) is 0 Å². The van der Waals surface area contributed by atoms with Gasteiger partial charge < -0.3 is 11.5 Å². The van der Waals surface area contributed by atoms with Crippen LogP contribution < -0.4 is 11.5 Å². The Morgan fingerprint density at radius 2 is 1.85 bits per heavy atom. The molecule has 0 bridgehead atoms. The molecule has 0 fully saturated rings. The molecule has 1 aliphatic rings. The van der Waals surface area contributed by atoms with Gasteiger partial charge in [-0.05, 0) is 37.1 Å². The van der Waals surface area contributed by atoms with E-state index >= 15 is 0 Å². The van der Waals surface area contributed by atoms with Gasteiger partial charge in [0.05, 0.1) is 22.8 Å². The second kappa shape index (κ2) is 5.70. The maximum atomic E-state index is 5.98. The number of anilines is 2. The molecule has 4 heterocycles. The zero-order chi connectivity index (χ0) is 18.5. The summed E-state index contributed by atoms with van der Waals surface area (Å²) in [5.74, 6) is 1.02. The molecule has 0 radical (unpaired) electrons. The smallest absolute Gasteiger partial charge is 0.146 e. The van der Waals surface area contributed by atoms with Crippen molar-refractivity contribution >= 4 is 11.6 Å². The fraction of sp³-hybridized carbons (Fsp3) is 0.150. The molecule has 134 valence electrons. The third-order valence-electron chi connectivity index (χ3n) is 5.00. The summed E-state index contributed by atoms with van der Waals surface area (Å²) in [5, 5.41) is 9.41. The fourth-order valence-corrected chi connectivity index (χ4v) is 3.72. The number of nitrogens with two attached hydrogens (primary N) is 2. The Labute approximate surface area is 156 Å². The number of benzene rings is 1. The summed E-state index contributed by atoms with van der Waals surface area (Å²) in [6.45, 7) is 2.86. The zero-order valence-electron chi connectivity index (χ0n) is 14.9. The lowest BCUT2D eigenvalue weighted by Crippen LogP contribution is -2.14. The summed E-state index contributed by atoms with van der Waals surface area (Å²) >= 11 is 0. The number of para-hydroxylation sites is 1. The first kappa shape index (κ1) is 15.6. The molecule has 0 amide bonds. The molecule has 0 saturated carbocycles. The summed E-state index contributed by atoms with van der Waals surface area (Å²) in [6, 6.07) is 13.9. The summed E-state index contributed by atoms with van der Waals surface area (Å²) < 4.78 is 3.96. The van der Waals surface area contributed by atoms with Gasteiger partial charge >= 0.3 is 0 Å². The number of nitrogens with zero attached hydrogens (tertiary/aromatic N) is 5. The first-order chi connectivity index (χ1) is 13.1. The van der Waals surface area contributed by atoms with E-state index < -0.39 is 0 Å². The van der Waals surface area contributed by atoms with E-state index in [0.717, 1.165) is 46.9 Å². The van der Waals surface area contributed by atoms with Gasteiger partial charge in [-0.1, -0.05) is 18.2 Å². The minimum absolute atomic E-state index is 0.497. The van der Waals surface area contributed by atoms with Crippen molar-refractivity contribution in [2.45, 2.75) is 19.9 Å². The van der Waals surface area contributed by atoms with E-state index in [1.54, 1.807) is 12.3 Å². The Morgan fingerprint density at radius 1 is 1.00 bits per heavy atom. The summed E-state index contributed by atoms with van der Waals surface area (Å²) in [7, 11) is 0. The van der Waals surface area contributed by atoms with Gasteiger partial charge in [-0.25, -0.2) is 9.67 Å². The summed E-state index contributed by atoms with van der Waals surface area (Å²) in [4.78, 5) is 4.24. The molecule has 1 aromatic carbocycles. The predicted octanol–water partition coefficient (Wildman–Crippen LogP) is 2.83. The van der Waals surface area contributed by atoms with Crippen LogP contribution >= 0.6 is 0 Å². The van der Waals surface area contributed by atoms with E-state index in [2.05, 4.69) is 29.1 Å². The average Bonchev–Trinajstić information content (AvgIpc) is 3.22. The summed E-state index contributed by atoms with van der Waals surface area (Å²) in [6.07, 6.45) is 2.61. The van der Waals surface area contributed by atoms with Crippen LogP contribution in [-0.2, 0) is 13.0 Å². The second-order valence-corrected chi connectivity index (χ2v) is 6.77. The van der Waals surface area contributed by atoms with Crippen molar-refractivity contribution in [3.05, 3.63) is 59.8 Å². The lowest BCUT2D eigenvalue weighted by molar-refractivity contribution is 0.606. The van der Waals surface area contributed by atoms with E-state index in [9.17, 15) is 0 Å². The van der Waals surface area contributed by atoms with Crippen LogP contribution in [0, 0.1) is 6.92 Å². The lowest BCUT2D eigenvalue weighted by atomic mass is 10.00. The van der Waals surface area contributed by atoms with Gasteiger partial charge in [0.1, 0.15) is 11.6 Å². The maximum absolute atomic E-state index is 5.98. The SMILES string of the molecule is Cc1ccccc1-n1nc(-c2ccc(N)nc2)c2c1-c1cc(N)nn1CC2.